The van der Waals surface area contributed by atoms with Crippen LogP contribution in [0.3, 0.4) is 0 Å². The highest BCUT2D eigenvalue weighted by Gasteiger charge is 2.55. The van der Waals surface area contributed by atoms with Crippen molar-refractivity contribution in [3.05, 3.63) is 123 Å². The van der Waals surface area contributed by atoms with Gasteiger partial charge in [0.15, 0.2) is 0 Å². The Morgan fingerprint density at radius 1 is 0.847 bits per heavy atom. The van der Waals surface area contributed by atoms with Crippen LogP contribution in [0.15, 0.2) is 95.9 Å². The second kappa shape index (κ2) is 16.4. The van der Waals surface area contributed by atoms with E-state index in [0.29, 0.717) is 23.4 Å². The summed E-state index contributed by atoms with van der Waals surface area (Å²) in [5.41, 5.74) is 4.95. The number of hydrogen-bond donors (Lipinski definition) is 1. The molecule has 1 N–H and O–H groups in total. The van der Waals surface area contributed by atoms with Gasteiger partial charge in [-0.15, -0.1) is 0 Å². The van der Waals surface area contributed by atoms with E-state index in [1.807, 2.05) is 62.4 Å². The highest BCUT2D eigenvalue weighted by Crippen LogP contribution is 2.45. The van der Waals surface area contributed by atoms with Crippen molar-refractivity contribution in [3.8, 4) is 11.1 Å². The lowest BCUT2D eigenvalue weighted by Gasteiger charge is -2.54. The average molecular weight is 879 g/mol. The number of carbonyl (C=O) groups is 4. The third-order valence-corrected chi connectivity index (χ3v) is 14.6. The van der Waals surface area contributed by atoms with Crippen LogP contribution in [0.2, 0.25) is 15.1 Å². The molecule has 8 rings (SSSR count). The Hall–Kier alpha value is -4.66. The van der Waals surface area contributed by atoms with Crippen LogP contribution in [0.25, 0.3) is 11.1 Å². The number of rotatable bonds is 9. The molecular weight excluding hydrogens is 837 g/mol. The van der Waals surface area contributed by atoms with Crippen molar-refractivity contribution in [1.82, 2.24) is 24.3 Å². The van der Waals surface area contributed by atoms with E-state index in [-0.39, 0.29) is 58.9 Å². The van der Waals surface area contributed by atoms with Gasteiger partial charge in [-0.25, -0.2) is 13.2 Å². The van der Waals surface area contributed by atoms with E-state index in [9.17, 15) is 27.6 Å². The highest BCUT2D eigenvalue weighted by atomic mass is 35.5. The number of nitrogens with zero attached hydrogens (tertiary/aromatic N) is 4. The number of amides is 4. The van der Waals surface area contributed by atoms with Crippen LogP contribution in [0.1, 0.15) is 49.3 Å². The molecule has 3 fully saturated rings. The van der Waals surface area contributed by atoms with Crippen LogP contribution in [-0.2, 0) is 35.6 Å². The van der Waals surface area contributed by atoms with Crippen molar-refractivity contribution in [3.63, 3.8) is 0 Å². The topological polar surface area (TPSA) is 137 Å². The predicted molar refractivity (Wildman–Crippen MR) is 224 cm³/mol. The summed E-state index contributed by atoms with van der Waals surface area (Å²) in [6.45, 7) is 3.37. The molecule has 3 saturated heterocycles. The number of hydrogen-bond acceptors (Lipinski definition) is 7. The fourth-order valence-electron chi connectivity index (χ4n) is 8.84. The molecule has 4 aromatic carbocycles. The summed E-state index contributed by atoms with van der Waals surface area (Å²) in [5.74, 6) is -1.82. The Labute approximate surface area is 358 Å². The molecule has 1 aliphatic carbocycles. The zero-order valence-corrected chi connectivity index (χ0v) is 35.3. The number of benzene rings is 4. The number of sulfonamides is 1. The molecule has 0 spiro atoms. The molecule has 4 aliphatic rings. The van der Waals surface area contributed by atoms with Crippen LogP contribution < -0.4 is 5.32 Å². The molecule has 3 heterocycles. The molecule has 12 nitrogen and oxygen atoms in total. The minimum Gasteiger partial charge on any atom is -0.448 e. The number of piperazine rings is 1. The van der Waals surface area contributed by atoms with E-state index in [0.717, 1.165) is 26.6 Å². The molecule has 0 saturated carbocycles. The number of likely N-dealkylation sites (tertiary alicyclic amines) is 1. The number of nitrogens with one attached hydrogen (secondary N) is 1. The summed E-state index contributed by atoms with van der Waals surface area (Å²) in [4.78, 5) is 60.9. The molecule has 3 aliphatic heterocycles. The second-order valence-corrected chi connectivity index (χ2v) is 18.7. The lowest BCUT2D eigenvalue weighted by atomic mass is 9.96. The zero-order valence-electron chi connectivity index (χ0n) is 32.3. The quantitative estimate of drug-likeness (QED) is 0.201. The monoisotopic (exact) mass is 877 g/mol. The Balaban J connectivity index is 1.07. The minimum absolute atomic E-state index is 0.0515. The highest BCUT2D eigenvalue weighted by molar-refractivity contribution is 7.89. The molecule has 4 unspecified atom stereocenters. The predicted octanol–water partition coefficient (Wildman–Crippen LogP) is 6.57. The number of halogens is 3. The average Bonchev–Trinajstić information content (AvgIpc) is 3.83. The number of fused-ring (bicyclic) bond motifs is 4. The van der Waals surface area contributed by atoms with E-state index < -0.39 is 58.8 Å². The smallest absolute Gasteiger partial charge is 0.410 e. The third kappa shape index (κ3) is 7.68. The van der Waals surface area contributed by atoms with Gasteiger partial charge in [0, 0.05) is 41.5 Å². The summed E-state index contributed by atoms with van der Waals surface area (Å²) < 4.78 is 36.4. The maximum absolute atomic E-state index is 14.7. The first kappa shape index (κ1) is 41.1. The Morgan fingerprint density at radius 3 is 2.14 bits per heavy atom. The standard InChI is InChI=1S/C43H42Cl3N5O7S/c1-25(2)49-23-39-50(59(56,57)38-18-17-28(45)21-34(38)46)22-35(41(53)51(39)37(42(49)54)20-26-13-15-27(44)16-14-26)47-40(52)36-12-7-19-48(36)43(55)58-24-33-31-10-5-3-8-29(31)30-9-4-6-11-32(30)33/h3-6,8-11,13-18,21,25,33,35-37,39H,7,12,19-20,22-24H2,1-2H3,(H,47,52). The van der Waals surface area contributed by atoms with Gasteiger partial charge in [0.05, 0.1) is 11.6 Å². The van der Waals surface area contributed by atoms with Gasteiger partial charge in [0.25, 0.3) is 0 Å². The van der Waals surface area contributed by atoms with E-state index >= 15 is 0 Å². The molecule has 0 bridgehead atoms. The van der Waals surface area contributed by atoms with Crippen molar-refractivity contribution in [1.29, 1.82) is 0 Å². The lowest BCUT2D eigenvalue weighted by Crippen LogP contribution is -2.76. The molecule has 4 atom stereocenters. The lowest BCUT2D eigenvalue weighted by molar-refractivity contribution is -0.169. The SMILES string of the molecule is CC(C)N1CC2N(C(=O)C(NC(=O)C3CCCN3C(=O)OCC3c4ccccc4-c4ccccc43)CN2S(=O)(=O)c2ccc(Cl)cc2Cl)C(Cc2ccc(Cl)cc2)C1=O. The fraction of sp³-hybridized carbons (Fsp3) is 0.349. The maximum atomic E-state index is 14.7. The maximum Gasteiger partial charge on any atom is 0.410 e. The molecule has 0 aromatic heterocycles. The van der Waals surface area contributed by atoms with Crippen molar-refractivity contribution < 1.29 is 32.3 Å². The minimum atomic E-state index is -4.48. The van der Waals surface area contributed by atoms with E-state index in [2.05, 4.69) is 5.32 Å². The largest absolute Gasteiger partial charge is 0.448 e. The Kier molecular flexibility index (Phi) is 11.4. The van der Waals surface area contributed by atoms with Crippen molar-refractivity contribution in [2.75, 3.05) is 26.2 Å². The van der Waals surface area contributed by atoms with Crippen LogP contribution in [0.5, 0.6) is 0 Å². The van der Waals surface area contributed by atoms with E-state index in [1.165, 1.54) is 28.0 Å². The van der Waals surface area contributed by atoms with Crippen LogP contribution >= 0.6 is 34.8 Å². The molecule has 4 aromatic rings. The first-order valence-corrected chi connectivity index (χ1v) is 22.1. The van der Waals surface area contributed by atoms with Gasteiger partial charge < -0.3 is 19.9 Å². The molecular formula is C43H42Cl3N5O7S. The van der Waals surface area contributed by atoms with Gasteiger partial charge in [0.2, 0.25) is 27.7 Å². The van der Waals surface area contributed by atoms with Crippen molar-refractivity contribution in [2.24, 2.45) is 0 Å². The van der Waals surface area contributed by atoms with E-state index in [1.54, 1.807) is 29.2 Å². The summed E-state index contributed by atoms with van der Waals surface area (Å²) in [6.07, 6.45) is -0.955. The van der Waals surface area contributed by atoms with Gasteiger partial charge in [-0.2, -0.15) is 4.31 Å². The van der Waals surface area contributed by atoms with Crippen molar-refractivity contribution in [2.45, 2.75) is 74.3 Å². The molecule has 4 amide bonds. The van der Waals surface area contributed by atoms with Gasteiger partial charge >= 0.3 is 6.09 Å². The first-order chi connectivity index (χ1) is 28.2. The Bertz CT molecular complexity index is 2390. The molecule has 16 heteroatoms. The van der Waals surface area contributed by atoms with Crippen LogP contribution in [0.4, 0.5) is 4.79 Å². The Morgan fingerprint density at radius 2 is 1.49 bits per heavy atom. The molecule has 59 heavy (non-hydrogen) atoms. The molecule has 308 valence electrons. The molecule has 0 radical (unpaired) electrons. The van der Waals surface area contributed by atoms with Crippen LogP contribution in [-0.4, -0.2) is 108 Å². The summed E-state index contributed by atoms with van der Waals surface area (Å²) in [5, 5.41) is 3.37. The zero-order chi connectivity index (χ0) is 41.7. The van der Waals surface area contributed by atoms with Gasteiger partial charge in [-0.05, 0) is 84.8 Å². The fourth-order valence-corrected chi connectivity index (χ4v) is 11.3. The van der Waals surface area contributed by atoms with Crippen molar-refractivity contribution >= 4 is 68.6 Å². The summed E-state index contributed by atoms with van der Waals surface area (Å²) >= 11 is 18.8. The van der Waals surface area contributed by atoms with E-state index in [4.69, 9.17) is 39.5 Å². The van der Waals surface area contributed by atoms with Gasteiger partial charge in [-0.3, -0.25) is 19.3 Å². The van der Waals surface area contributed by atoms with Crippen LogP contribution in [0, 0.1) is 0 Å². The first-order valence-electron chi connectivity index (χ1n) is 19.5. The normalized spacial score (nSPS) is 22.0. The number of ether oxygens (including phenoxy) is 1. The summed E-state index contributed by atoms with van der Waals surface area (Å²) in [6, 6.07) is 22.9. The van der Waals surface area contributed by atoms with Gasteiger partial charge in [-0.1, -0.05) is 95.5 Å². The third-order valence-electron chi connectivity index (χ3n) is 11.7. The second-order valence-electron chi connectivity index (χ2n) is 15.5. The summed E-state index contributed by atoms with van der Waals surface area (Å²) in [7, 11) is -4.48. The van der Waals surface area contributed by atoms with Gasteiger partial charge in [0.1, 0.15) is 35.8 Å². The number of carbonyl (C=O) groups excluding carboxylic acids is 4.